The quantitative estimate of drug-likeness (QED) is 0.0331. The highest BCUT2D eigenvalue weighted by atomic mass is 16.6. The number of urea groups is 1. The fourth-order valence-electron chi connectivity index (χ4n) is 12.9. The summed E-state index contributed by atoms with van der Waals surface area (Å²) in [6, 6.07) is 17.7. The van der Waals surface area contributed by atoms with Crippen LogP contribution in [-0.2, 0) is 60.8 Å². The average molecular weight is 1310 g/mol. The van der Waals surface area contributed by atoms with E-state index in [9.17, 15) is 48.3 Å². The van der Waals surface area contributed by atoms with Gasteiger partial charge in [0.05, 0.1) is 63.1 Å². The molecule has 12 unspecified atom stereocenters. The Hall–Kier alpha value is -7.43. The van der Waals surface area contributed by atoms with Crippen LogP contribution in [0.5, 0.6) is 11.5 Å². The number of nitrogens with two attached hydrogens (primary N) is 1. The van der Waals surface area contributed by atoms with Crippen molar-refractivity contribution >= 4 is 58.8 Å². The number of carbonyl (C=O) groups excluding carboxylic acids is 9. The van der Waals surface area contributed by atoms with Crippen molar-refractivity contribution < 1.29 is 71.9 Å². The highest BCUT2D eigenvalue weighted by molar-refractivity contribution is 5.97. The van der Waals surface area contributed by atoms with E-state index < -0.39 is 72.2 Å². The minimum atomic E-state index is -0.959. The van der Waals surface area contributed by atoms with Crippen LogP contribution in [0.3, 0.4) is 0 Å². The van der Waals surface area contributed by atoms with Crippen LogP contribution >= 0.6 is 0 Å². The number of aliphatic hydroxyl groups excluding tert-OH is 1. The van der Waals surface area contributed by atoms with E-state index in [1.165, 1.54) is 33.3 Å². The monoisotopic (exact) mass is 1310 g/mol. The molecule has 1 saturated heterocycles. The Morgan fingerprint density at radius 2 is 1.36 bits per heavy atom. The summed E-state index contributed by atoms with van der Waals surface area (Å²) in [6.07, 6.45) is -0.169. The molecule has 3 aromatic rings. The smallest absolute Gasteiger partial charge is 0.410 e. The molecule has 6 N–H and O–H groups in total. The van der Waals surface area contributed by atoms with Crippen LogP contribution in [-0.4, -0.2) is 165 Å². The molecule has 22 nitrogen and oxygen atoms in total. The molecule has 3 aromatic carbocycles. The van der Waals surface area contributed by atoms with Gasteiger partial charge in [-0.05, 0) is 103 Å². The van der Waals surface area contributed by atoms with E-state index in [1.807, 2.05) is 106 Å². The fourth-order valence-corrected chi connectivity index (χ4v) is 12.9. The number of nitrogens with zero attached hydrogens (tertiary/aromatic N) is 3. The Labute approximate surface area is 557 Å². The van der Waals surface area contributed by atoms with Gasteiger partial charge in [-0.25, -0.2) is 9.59 Å². The van der Waals surface area contributed by atoms with E-state index in [4.69, 9.17) is 29.4 Å². The largest absolute Gasteiger partial charge is 0.493 e. The number of benzene rings is 3. The Kier molecular flexibility index (Phi) is 32.6. The van der Waals surface area contributed by atoms with Gasteiger partial charge in [0, 0.05) is 90.5 Å². The van der Waals surface area contributed by atoms with Gasteiger partial charge in [0.1, 0.15) is 12.4 Å². The van der Waals surface area contributed by atoms with Crippen molar-refractivity contribution in [2.24, 2.45) is 53.1 Å². The van der Waals surface area contributed by atoms with Crippen molar-refractivity contribution in [2.75, 3.05) is 60.9 Å². The van der Waals surface area contributed by atoms with Crippen molar-refractivity contribution in [3.05, 3.63) is 89.5 Å². The molecule has 94 heavy (non-hydrogen) atoms. The summed E-state index contributed by atoms with van der Waals surface area (Å²) in [5.74, 6) is -4.55. The van der Waals surface area contributed by atoms with Crippen molar-refractivity contribution in [3.63, 3.8) is 0 Å². The van der Waals surface area contributed by atoms with Gasteiger partial charge < -0.3 is 65.2 Å². The first kappa shape index (κ1) is 79.0. The van der Waals surface area contributed by atoms with Gasteiger partial charge in [-0.3, -0.25) is 33.6 Å². The molecule has 4 rings (SSSR count). The molecule has 1 aliphatic heterocycles. The number of nitrogens with one attached hydrogen (secondary N) is 3. The highest BCUT2D eigenvalue weighted by Gasteiger charge is 2.44. The average Bonchev–Trinajstić information content (AvgIpc) is 1.40. The van der Waals surface area contributed by atoms with Crippen LogP contribution in [0.15, 0.2) is 72.8 Å². The van der Waals surface area contributed by atoms with Crippen LogP contribution in [0, 0.1) is 47.3 Å². The Morgan fingerprint density at radius 3 is 1.94 bits per heavy atom. The van der Waals surface area contributed by atoms with Crippen LogP contribution in [0.4, 0.5) is 15.3 Å². The minimum absolute atomic E-state index is 0.0495. The molecule has 7 amide bonds. The van der Waals surface area contributed by atoms with E-state index in [0.717, 1.165) is 11.1 Å². The van der Waals surface area contributed by atoms with E-state index in [2.05, 4.69) is 16.0 Å². The maximum atomic E-state index is 14.9. The van der Waals surface area contributed by atoms with Crippen LogP contribution in [0.25, 0.3) is 0 Å². The number of carbonyl (C=O) groups is 9. The van der Waals surface area contributed by atoms with E-state index >= 15 is 0 Å². The number of methoxy groups -OCH3 is 4. The van der Waals surface area contributed by atoms with E-state index in [-0.39, 0.29) is 122 Å². The van der Waals surface area contributed by atoms with Crippen LogP contribution in [0.2, 0.25) is 0 Å². The summed E-state index contributed by atoms with van der Waals surface area (Å²) in [4.78, 5) is 129. The molecule has 0 bridgehead atoms. The lowest BCUT2D eigenvalue weighted by molar-refractivity contribution is -0.149. The number of likely N-dealkylation sites (tertiary alicyclic amines) is 1. The number of hydrogen-bond acceptors (Lipinski definition) is 15. The maximum absolute atomic E-state index is 14.9. The third kappa shape index (κ3) is 22.9. The molecule has 0 saturated carbocycles. The van der Waals surface area contributed by atoms with Crippen molar-refractivity contribution in [1.29, 1.82) is 0 Å². The first-order valence-corrected chi connectivity index (χ1v) is 33.3. The highest BCUT2D eigenvalue weighted by Crippen LogP contribution is 2.34. The summed E-state index contributed by atoms with van der Waals surface area (Å²) >= 11 is 0. The summed E-state index contributed by atoms with van der Waals surface area (Å²) in [5, 5.41) is 19.3. The third-order valence-electron chi connectivity index (χ3n) is 18.6. The molecule has 0 radical (unpaired) electrons. The molecular formula is C72H109N7O15. The van der Waals surface area contributed by atoms with Gasteiger partial charge in [-0.1, -0.05) is 124 Å². The van der Waals surface area contributed by atoms with Crippen LogP contribution in [0.1, 0.15) is 156 Å². The van der Waals surface area contributed by atoms with Crippen LogP contribution < -0.4 is 31.2 Å². The number of anilines is 1. The predicted molar refractivity (Wildman–Crippen MR) is 360 cm³/mol. The number of aryl methyl sites for hydroxylation is 1. The number of likely N-dealkylation sites (N-methyl/N-ethyl adjacent to an activating group) is 2. The SMILES string of the molecule is CCC(C)C(C(CC(=O)N1CCCC1C(OC)C(C)C(=O)CC(C)C(O)c1ccccc1)OC)N(C)C(=O)C(CC(=O)C(C(C)C)N(C)C(=O)OCc1ccc(NC(=O)C(CCCNC(N)=O)CC(=O)C(NC(=O)CCc2ccc(OC)c(OC)c2)C(C)C)cc1)C(C)C. The lowest BCUT2D eigenvalue weighted by atomic mass is 9.83. The molecular weight excluding hydrogens is 1200 g/mol. The molecule has 22 heteroatoms. The number of ether oxygens (including phenoxy) is 5. The zero-order valence-electron chi connectivity index (χ0n) is 58.6. The lowest BCUT2D eigenvalue weighted by Crippen LogP contribution is -2.54. The minimum Gasteiger partial charge on any atom is -0.493 e. The molecule has 1 aliphatic rings. The van der Waals surface area contributed by atoms with Crippen molar-refractivity contribution in [1.82, 2.24) is 25.3 Å². The lowest BCUT2D eigenvalue weighted by Gasteiger charge is -2.41. The second kappa shape index (κ2) is 38.8. The standard InChI is InChI=1S/C72H109N7O15/c1-17-46(8)66(61(92-15)41-63(84)79-36-22-26-55(79)68(93-16)48(10)56(80)37-47(9)67(85)51-23-19-18-20-24-51)77(11)70(87)54(43(2)3)40-58(82)65(45(6)7)78(12)72(89)94-42-50-27-31-53(32-28-50)75-69(86)52(25-21-35-74-71(73)88)39-57(81)64(44(4)5)76-62(83)34-30-49-29-33-59(90-13)60(38-49)91-14/h18-20,23-24,27-29,31-33,38,43-48,52,54-55,61,64-68,85H,17,21-22,25-26,30,34-37,39-42H2,1-16H3,(H,75,86)(H,76,83)(H3,73,74,88). The summed E-state index contributed by atoms with van der Waals surface area (Å²) in [6.45, 7) is 19.1. The second-order valence-electron chi connectivity index (χ2n) is 26.4. The topological polar surface area (TPSA) is 292 Å². The molecule has 1 fully saturated rings. The summed E-state index contributed by atoms with van der Waals surface area (Å²) < 4.78 is 28.6. The van der Waals surface area contributed by atoms with Crippen molar-refractivity contribution in [3.8, 4) is 11.5 Å². The Morgan fingerprint density at radius 1 is 0.713 bits per heavy atom. The maximum Gasteiger partial charge on any atom is 0.410 e. The summed E-state index contributed by atoms with van der Waals surface area (Å²) in [7, 11) is 9.32. The molecule has 522 valence electrons. The molecule has 1 heterocycles. The molecule has 0 aliphatic carbocycles. The fraction of sp³-hybridized carbons (Fsp3) is 0.625. The number of ketones is 3. The normalized spacial score (nSPS) is 16.7. The van der Waals surface area contributed by atoms with Crippen molar-refractivity contribution in [2.45, 2.75) is 189 Å². The number of Topliss-reactive ketones (excluding diaryl/α,β-unsaturated/α-hetero) is 3. The zero-order valence-corrected chi connectivity index (χ0v) is 58.6. The molecule has 0 aromatic heterocycles. The van der Waals surface area contributed by atoms with Gasteiger partial charge in [-0.2, -0.15) is 0 Å². The van der Waals surface area contributed by atoms with Gasteiger partial charge in [0.25, 0.3) is 0 Å². The Bertz CT molecular complexity index is 2940. The van der Waals surface area contributed by atoms with Gasteiger partial charge >= 0.3 is 12.1 Å². The second-order valence-corrected chi connectivity index (χ2v) is 26.4. The predicted octanol–water partition coefficient (Wildman–Crippen LogP) is 9.51. The number of amides is 7. The van der Waals surface area contributed by atoms with Gasteiger partial charge in [0.15, 0.2) is 23.1 Å². The number of aliphatic hydroxyl groups is 1. The molecule has 12 atom stereocenters. The van der Waals surface area contributed by atoms with E-state index in [1.54, 1.807) is 60.4 Å². The zero-order chi connectivity index (χ0) is 70.1. The van der Waals surface area contributed by atoms with Gasteiger partial charge in [-0.15, -0.1) is 0 Å². The van der Waals surface area contributed by atoms with Gasteiger partial charge in [0.2, 0.25) is 23.6 Å². The first-order valence-electron chi connectivity index (χ1n) is 33.3. The number of primary amides is 1. The molecule has 0 spiro atoms. The summed E-state index contributed by atoms with van der Waals surface area (Å²) in [5.41, 5.74) is 7.83. The number of hydrogen-bond donors (Lipinski definition) is 5. The number of rotatable bonds is 40. The Balaban J connectivity index is 1.40. The third-order valence-corrected chi connectivity index (χ3v) is 18.6. The first-order chi connectivity index (χ1) is 44.5. The van der Waals surface area contributed by atoms with E-state index in [0.29, 0.717) is 61.4 Å².